The Bertz CT molecular complexity index is 844. The molecule has 1 atom stereocenters. The Balaban J connectivity index is 2.04. The summed E-state index contributed by atoms with van der Waals surface area (Å²) in [6.45, 7) is 1.51. The van der Waals surface area contributed by atoms with E-state index in [0.29, 0.717) is 11.3 Å². The van der Waals surface area contributed by atoms with Crippen LogP contribution >= 0.6 is 39.1 Å². The third-order valence-corrected chi connectivity index (χ3v) is 5.78. The van der Waals surface area contributed by atoms with E-state index in [1.165, 1.54) is 18.2 Å². The largest absolute Gasteiger partial charge is 0.400 e. The molecule has 2 aromatic carbocycles. The van der Waals surface area contributed by atoms with Crippen molar-refractivity contribution in [2.45, 2.75) is 24.9 Å². The number of rotatable bonds is 2. The molecule has 2 aromatic rings. The molecule has 7 heteroatoms. The first-order chi connectivity index (χ1) is 11.6. The van der Waals surface area contributed by atoms with E-state index in [9.17, 15) is 13.2 Å². The number of aryl methyl sites for hydroxylation is 1. The maximum atomic E-state index is 14.0. The predicted molar refractivity (Wildman–Crippen MR) is 99.1 cm³/mol. The van der Waals surface area contributed by atoms with Crippen LogP contribution in [0.1, 0.15) is 23.1 Å². The lowest BCUT2D eigenvalue weighted by Gasteiger charge is -2.31. The van der Waals surface area contributed by atoms with Crippen LogP contribution in [0.2, 0.25) is 10.0 Å². The second kappa shape index (κ2) is 6.60. The SMILES string of the molecule is Cc1cc(C2=NC[C@@](c3cc(Cl)cc(Cl)c3)(C(F)(F)F)C2)ccc1Br. The van der Waals surface area contributed by atoms with Gasteiger partial charge in [0.1, 0.15) is 5.41 Å². The molecular weight excluding hydrogens is 438 g/mol. The lowest BCUT2D eigenvalue weighted by atomic mass is 9.76. The zero-order valence-corrected chi connectivity index (χ0v) is 16.2. The predicted octanol–water partition coefficient (Wildman–Crippen LogP) is 6.76. The molecule has 132 valence electrons. The van der Waals surface area contributed by atoms with Gasteiger partial charge in [-0.25, -0.2) is 0 Å². The van der Waals surface area contributed by atoms with E-state index in [0.717, 1.165) is 10.0 Å². The average Bonchev–Trinajstić information content (AvgIpc) is 2.95. The van der Waals surface area contributed by atoms with Crippen LogP contribution in [0.5, 0.6) is 0 Å². The molecule has 3 rings (SSSR count). The van der Waals surface area contributed by atoms with Gasteiger partial charge < -0.3 is 0 Å². The van der Waals surface area contributed by atoms with Crippen molar-refractivity contribution in [1.82, 2.24) is 0 Å². The number of nitrogens with zero attached hydrogens (tertiary/aromatic N) is 1. The van der Waals surface area contributed by atoms with Crippen molar-refractivity contribution in [2.75, 3.05) is 6.54 Å². The molecule has 0 fully saturated rings. The standard InChI is InChI=1S/C18H13BrCl2F3N/c1-10-4-11(2-3-15(10)19)16-8-17(9-25-16,18(22,23)24)12-5-13(20)7-14(21)6-12/h2-7H,8-9H2,1H3/t17-/m0/s1. The Morgan fingerprint density at radius 1 is 1.08 bits per heavy atom. The van der Waals surface area contributed by atoms with E-state index in [-0.39, 0.29) is 28.6 Å². The van der Waals surface area contributed by atoms with Gasteiger partial charge >= 0.3 is 6.18 Å². The van der Waals surface area contributed by atoms with Gasteiger partial charge in [0, 0.05) is 26.7 Å². The fraction of sp³-hybridized carbons (Fsp3) is 0.278. The Labute approximate surface area is 162 Å². The lowest BCUT2D eigenvalue weighted by Crippen LogP contribution is -2.43. The molecule has 1 aliphatic rings. The van der Waals surface area contributed by atoms with Gasteiger partial charge in [-0.05, 0) is 53.9 Å². The summed E-state index contributed by atoms with van der Waals surface area (Å²) in [4.78, 5) is 4.23. The fourth-order valence-corrected chi connectivity index (χ4v) is 3.80. The summed E-state index contributed by atoms with van der Waals surface area (Å²) in [6, 6.07) is 9.49. The van der Waals surface area contributed by atoms with Crippen LogP contribution in [0.4, 0.5) is 13.2 Å². The third-order valence-electron chi connectivity index (χ3n) is 4.46. The van der Waals surface area contributed by atoms with Crippen molar-refractivity contribution < 1.29 is 13.2 Å². The van der Waals surface area contributed by atoms with Crippen LogP contribution in [-0.2, 0) is 5.41 Å². The van der Waals surface area contributed by atoms with E-state index in [4.69, 9.17) is 23.2 Å². The molecule has 0 N–H and O–H groups in total. The molecule has 1 nitrogen and oxygen atoms in total. The molecule has 0 saturated carbocycles. The van der Waals surface area contributed by atoms with Crippen LogP contribution in [0, 0.1) is 6.92 Å². The molecule has 1 aliphatic heterocycles. The molecule has 0 radical (unpaired) electrons. The second-order valence-corrected chi connectivity index (χ2v) is 7.87. The quantitative estimate of drug-likeness (QED) is 0.479. The molecule has 25 heavy (non-hydrogen) atoms. The maximum Gasteiger partial charge on any atom is 0.400 e. The molecular formula is C18H13BrCl2F3N. The minimum Gasteiger partial charge on any atom is -0.288 e. The highest BCUT2D eigenvalue weighted by molar-refractivity contribution is 9.10. The Hall–Kier alpha value is -1.04. The zero-order chi connectivity index (χ0) is 18.4. The first kappa shape index (κ1) is 18.7. The molecule has 0 bridgehead atoms. The number of benzene rings is 2. The highest BCUT2D eigenvalue weighted by atomic mass is 79.9. The van der Waals surface area contributed by atoms with Crippen molar-refractivity contribution in [1.29, 1.82) is 0 Å². The van der Waals surface area contributed by atoms with Crippen LogP contribution in [0.15, 0.2) is 45.9 Å². The first-order valence-corrected chi connectivity index (χ1v) is 9.00. The Morgan fingerprint density at radius 2 is 1.72 bits per heavy atom. The third kappa shape index (κ3) is 3.46. The monoisotopic (exact) mass is 449 g/mol. The van der Waals surface area contributed by atoms with Crippen LogP contribution in [-0.4, -0.2) is 18.4 Å². The van der Waals surface area contributed by atoms with E-state index >= 15 is 0 Å². The summed E-state index contributed by atoms with van der Waals surface area (Å²) in [5.41, 5.74) is 0.00210. The van der Waals surface area contributed by atoms with Crippen molar-refractivity contribution in [3.63, 3.8) is 0 Å². The van der Waals surface area contributed by atoms with Gasteiger partial charge in [0.25, 0.3) is 0 Å². The number of alkyl halides is 3. The minimum absolute atomic E-state index is 0.0464. The molecule has 0 aliphatic carbocycles. The molecule has 0 spiro atoms. The highest BCUT2D eigenvalue weighted by Gasteiger charge is 2.58. The van der Waals surface area contributed by atoms with Crippen molar-refractivity contribution >= 4 is 44.8 Å². The van der Waals surface area contributed by atoms with Crippen molar-refractivity contribution in [3.05, 3.63) is 67.6 Å². The van der Waals surface area contributed by atoms with E-state index in [1.807, 2.05) is 19.1 Å². The summed E-state index contributed by atoms with van der Waals surface area (Å²) < 4.78 is 43.0. The average molecular weight is 451 g/mol. The lowest BCUT2D eigenvalue weighted by molar-refractivity contribution is -0.183. The van der Waals surface area contributed by atoms with Gasteiger partial charge in [0.2, 0.25) is 0 Å². The number of halogens is 6. The summed E-state index contributed by atoms with van der Waals surface area (Å²) in [5, 5.41) is 0.359. The van der Waals surface area contributed by atoms with Gasteiger partial charge in [-0.1, -0.05) is 45.2 Å². The highest BCUT2D eigenvalue weighted by Crippen LogP contribution is 2.48. The van der Waals surface area contributed by atoms with E-state index < -0.39 is 11.6 Å². The second-order valence-electron chi connectivity index (χ2n) is 6.14. The molecule has 0 unspecified atom stereocenters. The van der Waals surface area contributed by atoms with Crippen molar-refractivity contribution in [2.24, 2.45) is 4.99 Å². The minimum atomic E-state index is -4.48. The zero-order valence-electron chi connectivity index (χ0n) is 13.1. The van der Waals surface area contributed by atoms with Gasteiger partial charge in [0.05, 0.1) is 6.54 Å². The molecule has 0 aromatic heterocycles. The smallest absolute Gasteiger partial charge is 0.288 e. The molecule has 1 heterocycles. The maximum absolute atomic E-state index is 14.0. The Morgan fingerprint density at radius 3 is 2.28 bits per heavy atom. The number of hydrogen-bond acceptors (Lipinski definition) is 1. The van der Waals surface area contributed by atoms with Crippen molar-refractivity contribution in [3.8, 4) is 0 Å². The summed E-state index contributed by atoms with van der Waals surface area (Å²) >= 11 is 15.3. The van der Waals surface area contributed by atoms with E-state index in [2.05, 4.69) is 20.9 Å². The van der Waals surface area contributed by atoms with Gasteiger partial charge in [-0.2, -0.15) is 13.2 Å². The van der Waals surface area contributed by atoms with Crippen LogP contribution in [0.3, 0.4) is 0 Å². The van der Waals surface area contributed by atoms with E-state index in [1.54, 1.807) is 6.07 Å². The fourth-order valence-electron chi connectivity index (χ4n) is 3.02. The Kier molecular flexibility index (Phi) is 4.95. The number of aliphatic imine (C=N–C) groups is 1. The molecule has 0 saturated heterocycles. The van der Waals surface area contributed by atoms with Gasteiger partial charge in [0.15, 0.2) is 0 Å². The molecule has 0 amide bonds. The van der Waals surface area contributed by atoms with Gasteiger partial charge in [-0.3, -0.25) is 4.99 Å². The number of hydrogen-bond donors (Lipinski definition) is 0. The first-order valence-electron chi connectivity index (χ1n) is 7.45. The summed E-state index contributed by atoms with van der Waals surface area (Å²) in [6.07, 6.45) is -4.72. The summed E-state index contributed by atoms with van der Waals surface area (Å²) in [5.74, 6) is 0. The normalized spacial score (nSPS) is 20.7. The van der Waals surface area contributed by atoms with Gasteiger partial charge in [-0.15, -0.1) is 0 Å². The topological polar surface area (TPSA) is 12.4 Å². The van der Waals surface area contributed by atoms with Crippen LogP contribution in [0.25, 0.3) is 0 Å². The van der Waals surface area contributed by atoms with Crippen LogP contribution < -0.4 is 0 Å². The summed E-state index contributed by atoms with van der Waals surface area (Å²) in [7, 11) is 0.